The van der Waals surface area contributed by atoms with E-state index in [2.05, 4.69) is 10.1 Å². The van der Waals surface area contributed by atoms with E-state index in [1.54, 1.807) is 22.9 Å². The number of nitrogens with zero attached hydrogens (tertiary/aromatic N) is 2. The highest BCUT2D eigenvalue weighted by molar-refractivity contribution is 7.09. The van der Waals surface area contributed by atoms with E-state index in [1.807, 2.05) is 6.92 Å². The monoisotopic (exact) mass is 309 g/mol. The SMILES string of the molecule is Cc1ncsc1CCOCc1ccc(F)cc1C(N)=NO. The molecule has 7 heteroatoms. The Morgan fingerprint density at radius 2 is 2.33 bits per heavy atom. The molecule has 1 aromatic heterocycles. The maximum atomic E-state index is 13.2. The van der Waals surface area contributed by atoms with Gasteiger partial charge < -0.3 is 15.7 Å². The summed E-state index contributed by atoms with van der Waals surface area (Å²) in [5.74, 6) is -0.577. The van der Waals surface area contributed by atoms with Crippen molar-refractivity contribution < 1.29 is 14.3 Å². The third-order valence-electron chi connectivity index (χ3n) is 3.03. The quantitative estimate of drug-likeness (QED) is 0.282. The van der Waals surface area contributed by atoms with Crippen LogP contribution in [0, 0.1) is 12.7 Å². The number of nitrogens with two attached hydrogens (primary N) is 1. The van der Waals surface area contributed by atoms with Crippen LogP contribution in [0.3, 0.4) is 0 Å². The number of oxime groups is 1. The lowest BCUT2D eigenvalue weighted by atomic mass is 10.1. The Kier molecular flexibility index (Phi) is 5.24. The second kappa shape index (κ2) is 7.14. The van der Waals surface area contributed by atoms with Crippen molar-refractivity contribution in [2.75, 3.05) is 6.61 Å². The molecule has 0 aliphatic rings. The van der Waals surface area contributed by atoms with Gasteiger partial charge in [-0.2, -0.15) is 0 Å². The average molecular weight is 309 g/mol. The first kappa shape index (κ1) is 15.4. The number of aromatic nitrogens is 1. The number of rotatable bonds is 6. The molecule has 0 aliphatic heterocycles. The smallest absolute Gasteiger partial charge is 0.170 e. The number of halogens is 1. The largest absolute Gasteiger partial charge is 0.409 e. The van der Waals surface area contributed by atoms with Gasteiger partial charge in [-0.3, -0.25) is 0 Å². The summed E-state index contributed by atoms with van der Waals surface area (Å²) in [6, 6.07) is 4.11. The molecule has 1 aromatic carbocycles. The van der Waals surface area contributed by atoms with Crippen molar-refractivity contribution in [1.29, 1.82) is 0 Å². The minimum absolute atomic E-state index is 0.133. The molecule has 0 atom stereocenters. The molecule has 5 nitrogen and oxygen atoms in total. The maximum absolute atomic E-state index is 13.2. The van der Waals surface area contributed by atoms with Crippen LogP contribution in [0.25, 0.3) is 0 Å². The van der Waals surface area contributed by atoms with E-state index < -0.39 is 5.82 Å². The number of benzene rings is 1. The zero-order valence-electron chi connectivity index (χ0n) is 11.5. The molecule has 0 aliphatic carbocycles. The molecule has 0 amide bonds. The Labute approximate surface area is 125 Å². The normalized spacial score (nSPS) is 11.8. The van der Waals surface area contributed by atoms with Gasteiger partial charge in [0, 0.05) is 16.9 Å². The summed E-state index contributed by atoms with van der Waals surface area (Å²) in [6.45, 7) is 2.75. The van der Waals surface area contributed by atoms with Crippen LogP contribution in [-0.4, -0.2) is 22.6 Å². The summed E-state index contributed by atoms with van der Waals surface area (Å²) in [6.07, 6.45) is 0.774. The zero-order valence-corrected chi connectivity index (χ0v) is 12.4. The van der Waals surface area contributed by atoms with Gasteiger partial charge in [-0.15, -0.1) is 11.3 Å². The Balaban J connectivity index is 1.95. The number of amidine groups is 1. The van der Waals surface area contributed by atoms with Crippen molar-refractivity contribution in [3.63, 3.8) is 0 Å². The van der Waals surface area contributed by atoms with Gasteiger partial charge in [0.25, 0.3) is 0 Å². The third-order valence-corrected chi connectivity index (χ3v) is 4.03. The van der Waals surface area contributed by atoms with Gasteiger partial charge in [0.15, 0.2) is 5.84 Å². The molecule has 2 rings (SSSR count). The van der Waals surface area contributed by atoms with Crippen molar-refractivity contribution in [2.24, 2.45) is 10.9 Å². The van der Waals surface area contributed by atoms with Crippen molar-refractivity contribution in [2.45, 2.75) is 20.0 Å². The van der Waals surface area contributed by atoms with Crippen LogP contribution in [0.15, 0.2) is 28.9 Å². The number of thiazole rings is 1. The van der Waals surface area contributed by atoms with Crippen molar-refractivity contribution in [1.82, 2.24) is 4.98 Å². The molecule has 0 saturated heterocycles. The van der Waals surface area contributed by atoms with Crippen LogP contribution < -0.4 is 5.73 Å². The first-order valence-corrected chi connectivity index (χ1v) is 7.23. The Morgan fingerprint density at radius 3 is 3.00 bits per heavy atom. The van der Waals surface area contributed by atoms with Gasteiger partial charge in [0.2, 0.25) is 0 Å². The molecule has 0 saturated carbocycles. The summed E-state index contributed by atoms with van der Waals surface area (Å²) in [4.78, 5) is 5.36. The molecule has 0 radical (unpaired) electrons. The number of ether oxygens (including phenoxy) is 1. The first-order chi connectivity index (χ1) is 10.1. The van der Waals surface area contributed by atoms with Gasteiger partial charge >= 0.3 is 0 Å². The van der Waals surface area contributed by atoms with E-state index in [-0.39, 0.29) is 12.4 Å². The second-order valence-electron chi connectivity index (χ2n) is 4.45. The minimum Gasteiger partial charge on any atom is -0.409 e. The van der Waals surface area contributed by atoms with E-state index in [4.69, 9.17) is 15.7 Å². The van der Waals surface area contributed by atoms with Crippen molar-refractivity contribution >= 4 is 17.2 Å². The van der Waals surface area contributed by atoms with Crippen molar-refractivity contribution in [3.05, 3.63) is 51.2 Å². The standard InChI is InChI=1S/C14H16FN3O2S/c1-9-13(21-8-17-9)4-5-20-7-10-2-3-11(15)6-12(10)14(16)18-19/h2-3,6,8,19H,4-5,7H2,1H3,(H2,16,18). The number of aryl methyl sites for hydroxylation is 1. The molecule has 2 aromatic rings. The molecular formula is C14H16FN3O2S. The fourth-order valence-electron chi connectivity index (χ4n) is 1.88. The number of hydrogen-bond acceptors (Lipinski definition) is 5. The average Bonchev–Trinajstić information content (AvgIpc) is 2.89. The van der Waals surface area contributed by atoms with Gasteiger partial charge in [-0.05, 0) is 24.6 Å². The van der Waals surface area contributed by atoms with Crippen molar-refractivity contribution in [3.8, 4) is 0 Å². The van der Waals surface area contributed by atoms with Crippen LogP contribution in [0.4, 0.5) is 4.39 Å². The topological polar surface area (TPSA) is 80.7 Å². The van der Waals surface area contributed by atoms with Gasteiger partial charge in [0.1, 0.15) is 5.82 Å². The number of hydrogen-bond donors (Lipinski definition) is 2. The van der Waals surface area contributed by atoms with E-state index >= 15 is 0 Å². The minimum atomic E-state index is -0.444. The Bertz CT molecular complexity index is 643. The highest BCUT2D eigenvalue weighted by Gasteiger charge is 2.09. The predicted octanol–water partition coefficient (Wildman–Crippen LogP) is 2.44. The molecule has 0 unspecified atom stereocenters. The summed E-state index contributed by atoms with van der Waals surface area (Å²) in [5, 5.41) is 11.6. The van der Waals surface area contributed by atoms with Crippen LogP contribution in [0.5, 0.6) is 0 Å². The summed E-state index contributed by atoms with van der Waals surface area (Å²) < 4.78 is 18.8. The molecule has 0 bridgehead atoms. The Hall–Kier alpha value is -1.99. The summed E-state index contributed by atoms with van der Waals surface area (Å²) in [7, 11) is 0. The van der Waals surface area contributed by atoms with E-state index in [1.165, 1.54) is 17.0 Å². The van der Waals surface area contributed by atoms with Gasteiger partial charge in [-0.1, -0.05) is 11.2 Å². The highest BCUT2D eigenvalue weighted by Crippen LogP contribution is 2.15. The van der Waals surface area contributed by atoms with Gasteiger partial charge in [0.05, 0.1) is 24.4 Å². The van der Waals surface area contributed by atoms with E-state index in [9.17, 15) is 4.39 Å². The lowest BCUT2D eigenvalue weighted by Gasteiger charge is -2.09. The van der Waals surface area contributed by atoms with E-state index in [0.29, 0.717) is 17.7 Å². The maximum Gasteiger partial charge on any atom is 0.170 e. The third kappa shape index (κ3) is 3.99. The van der Waals surface area contributed by atoms with Crippen LogP contribution >= 0.6 is 11.3 Å². The highest BCUT2D eigenvalue weighted by atomic mass is 32.1. The van der Waals surface area contributed by atoms with Crippen LogP contribution in [0.2, 0.25) is 0 Å². The molecular weight excluding hydrogens is 293 g/mol. The summed E-state index contributed by atoms with van der Waals surface area (Å²) >= 11 is 1.60. The fraction of sp³-hybridized carbons (Fsp3) is 0.286. The fourth-order valence-corrected chi connectivity index (χ4v) is 2.64. The van der Waals surface area contributed by atoms with Crippen LogP contribution in [0.1, 0.15) is 21.7 Å². The molecule has 112 valence electrons. The van der Waals surface area contributed by atoms with Crippen LogP contribution in [-0.2, 0) is 17.8 Å². The molecule has 0 fully saturated rings. The molecule has 0 spiro atoms. The second-order valence-corrected chi connectivity index (χ2v) is 5.39. The molecule has 1 heterocycles. The summed E-state index contributed by atoms with van der Waals surface area (Å²) in [5.41, 5.74) is 9.37. The molecule has 21 heavy (non-hydrogen) atoms. The Morgan fingerprint density at radius 1 is 1.52 bits per heavy atom. The predicted molar refractivity (Wildman–Crippen MR) is 79.1 cm³/mol. The lowest BCUT2D eigenvalue weighted by molar-refractivity contribution is 0.124. The van der Waals surface area contributed by atoms with E-state index in [0.717, 1.165) is 12.1 Å². The van der Waals surface area contributed by atoms with Gasteiger partial charge in [-0.25, -0.2) is 9.37 Å². The first-order valence-electron chi connectivity index (χ1n) is 6.35. The lowest BCUT2D eigenvalue weighted by Crippen LogP contribution is -2.16. The molecule has 3 N–H and O–H groups in total. The zero-order chi connectivity index (χ0) is 15.2.